The van der Waals surface area contributed by atoms with Crippen molar-refractivity contribution in [3.63, 3.8) is 0 Å². The Morgan fingerprint density at radius 2 is 1.93 bits per heavy atom. The molecule has 1 aromatic rings. The third-order valence-electron chi connectivity index (χ3n) is 1.85. The van der Waals surface area contributed by atoms with Crippen LogP contribution in [-0.4, -0.2) is 31.4 Å². The Morgan fingerprint density at radius 1 is 1.27 bits per heavy atom. The second-order valence-corrected chi connectivity index (χ2v) is 3.48. The number of ether oxygens (including phenoxy) is 2. The number of benzene rings is 1. The van der Waals surface area contributed by atoms with Crippen molar-refractivity contribution >= 4 is 21.7 Å². The molecule has 0 aromatic heterocycles. The second-order valence-electron chi connectivity index (χ2n) is 2.92. The van der Waals surface area contributed by atoms with Crippen LogP contribution in [-0.2, 0) is 4.74 Å². The minimum Gasteiger partial charge on any atom is -0.491 e. The Morgan fingerprint density at radius 3 is 2.47 bits per heavy atom. The van der Waals surface area contributed by atoms with Gasteiger partial charge in [-0.2, -0.15) is 0 Å². The summed E-state index contributed by atoms with van der Waals surface area (Å²) in [4.78, 5) is 11.3. The molecule has 1 rings (SSSR count). The zero-order chi connectivity index (χ0) is 11.1. The van der Waals surface area contributed by atoms with Gasteiger partial charge < -0.3 is 9.47 Å². The molecule has 4 heteroatoms. The average molecular weight is 273 g/mol. The van der Waals surface area contributed by atoms with Crippen molar-refractivity contribution < 1.29 is 14.3 Å². The molecule has 0 saturated heterocycles. The van der Waals surface area contributed by atoms with Crippen LogP contribution in [0, 0.1) is 0 Å². The van der Waals surface area contributed by atoms with Crippen LogP contribution in [0.5, 0.6) is 5.75 Å². The van der Waals surface area contributed by atoms with Gasteiger partial charge in [0.1, 0.15) is 12.4 Å². The van der Waals surface area contributed by atoms with Crippen LogP contribution in [0.2, 0.25) is 0 Å². The highest BCUT2D eigenvalue weighted by atomic mass is 79.9. The van der Waals surface area contributed by atoms with Crippen molar-refractivity contribution in [1.82, 2.24) is 0 Å². The third kappa shape index (κ3) is 4.01. The highest BCUT2D eigenvalue weighted by Gasteiger charge is 2.03. The summed E-state index contributed by atoms with van der Waals surface area (Å²) < 4.78 is 10.2. The highest BCUT2D eigenvalue weighted by Crippen LogP contribution is 2.13. The van der Waals surface area contributed by atoms with Gasteiger partial charge in [0.2, 0.25) is 0 Å². The Balaban J connectivity index is 2.52. The van der Waals surface area contributed by atoms with Gasteiger partial charge in [0.15, 0.2) is 5.78 Å². The van der Waals surface area contributed by atoms with E-state index in [0.717, 1.165) is 5.75 Å². The number of alkyl halides is 1. The number of hydrogen-bond donors (Lipinski definition) is 0. The zero-order valence-electron chi connectivity index (χ0n) is 8.53. The van der Waals surface area contributed by atoms with Crippen LogP contribution >= 0.6 is 15.9 Å². The quantitative estimate of drug-likeness (QED) is 0.453. The molecule has 0 bridgehead atoms. The number of ketones is 1. The summed E-state index contributed by atoms with van der Waals surface area (Å²) in [6.07, 6.45) is 0. The molecule has 3 nitrogen and oxygen atoms in total. The fraction of sp³-hybridized carbons (Fsp3) is 0.364. The average Bonchev–Trinajstić information content (AvgIpc) is 2.29. The Hall–Kier alpha value is -0.870. The van der Waals surface area contributed by atoms with Gasteiger partial charge >= 0.3 is 0 Å². The molecule has 0 heterocycles. The van der Waals surface area contributed by atoms with Crippen molar-refractivity contribution in [2.75, 3.05) is 25.7 Å². The number of hydrogen-bond acceptors (Lipinski definition) is 3. The summed E-state index contributed by atoms with van der Waals surface area (Å²) in [5.41, 5.74) is 0.686. The zero-order valence-corrected chi connectivity index (χ0v) is 10.1. The van der Waals surface area contributed by atoms with Gasteiger partial charge in [-0.1, -0.05) is 15.9 Å². The van der Waals surface area contributed by atoms with Crippen molar-refractivity contribution in [2.45, 2.75) is 0 Å². The fourth-order valence-electron chi connectivity index (χ4n) is 1.06. The topological polar surface area (TPSA) is 35.5 Å². The van der Waals surface area contributed by atoms with E-state index in [2.05, 4.69) is 15.9 Å². The van der Waals surface area contributed by atoms with Crippen molar-refractivity contribution in [1.29, 1.82) is 0 Å². The van der Waals surface area contributed by atoms with Crippen LogP contribution in [0.15, 0.2) is 24.3 Å². The van der Waals surface area contributed by atoms with E-state index in [1.807, 2.05) is 0 Å². The van der Waals surface area contributed by atoms with Gasteiger partial charge in [-0.05, 0) is 24.3 Å². The first-order chi connectivity index (χ1) is 7.27. The van der Waals surface area contributed by atoms with Gasteiger partial charge in [-0.15, -0.1) is 0 Å². The molecule has 1 aromatic carbocycles. The highest BCUT2D eigenvalue weighted by molar-refractivity contribution is 9.09. The van der Waals surface area contributed by atoms with Gasteiger partial charge in [0.05, 0.1) is 11.9 Å². The number of rotatable bonds is 6. The summed E-state index contributed by atoms with van der Waals surface area (Å²) in [6, 6.07) is 7.08. The molecule has 15 heavy (non-hydrogen) atoms. The van der Waals surface area contributed by atoms with E-state index >= 15 is 0 Å². The molecule has 0 radical (unpaired) electrons. The molecule has 0 fully saturated rings. The second kappa shape index (κ2) is 6.58. The minimum atomic E-state index is 0.0680. The third-order valence-corrected chi connectivity index (χ3v) is 2.36. The summed E-state index contributed by atoms with van der Waals surface area (Å²) in [7, 11) is 1.63. The Labute approximate surface area is 97.5 Å². The van der Waals surface area contributed by atoms with Crippen molar-refractivity contribution in [3.8, 4) is 5.75 Å². The van der Waals surface area contributed by atoms with Gasteiger partial charge in [-0.25, -0.2) is 0 Å². The largest absolute Gasteiger partial charge is 0.491 e. The molecule has 82 valence electrons. The number of carbonyl (C=O) groups excluding carboxylic acids is 1. The summed E-state index contributed by atoms with van der Waals surface area (Å²) in [6.45, 7) is 1.07. The van der Waals surface area contributed by atoms with E-state index in [1.165, 1.54) is 0 Å². The van der Waals surface area contributed by atoms with Crippen LogP contribution in [0.3, 0.4) is 0 Å². The first-order valence-corrected chi connectivity index (χ1v) is 5.71. The molecule has 0 aliphatic carbocycles. The van der Waals surface area contributed by atoms with E-state index in [1.54, 1.807) is 31.4 Å². The molecule has 0 unspecified atom stereocenters. The molecule has 0 N–H and O–H groups in total. The van der Waals surface area contributed by atoms with Gasteiger partial charge in [0.25, 0.3) is 0 Å². The van der Waals surface area contributed by atoms with Crippen LogP contribution < -0.4 is 4.74 Å². The maximum Gasteiger partial charge on any atom is 0.173 e. The number of carbonyl (C=O) groups is 1. The molecule has 0 amide bonds. The lowest BCUT2D eigenvalue weighted by atomic mass is 10.1. The first kappa shape index (κ1) is 12.2. The van der Waals surface area contributed by atoms with Gasteiger partial charge in [0, 0.05) is 12.7 Å². The lowest BCUT2D eigenvalue weighted by Gasteiger charge is -2.05. The predicted molar refractivity (Wildman–Crippen MR) is 61.9 cm³/mol. The van der Waals surface area contributed by atoms with E-state index in [4.69, 9.17) is 9.47 Å². The molecular weight excluding hydrogens is 260 g/mol. The maximum absolute atomic E-state index is 11.3. The standard InChI is InChI=1S/C11H13BrO3/c1-14-6-7-15-10-4-2-9(3-5-10)11(13)8-12/h2-5H,6-8H2,1H3. The van der Waals surface area contributed by atoms with Crippen LogP contribution in [0.4, 0.5) is 0 Å². The minimum absolute atomic E-state index is 0.0680. The summed E-state index contributed by atoms with van der Waals surface area (Å²) in [5, 5.41) is 0.344. The normalized spacial score (nSPS) is 10.0. The predicted octanol–water partition coefficient (Wildman–Crippen LogP) is 2.29. The molecule has 0 aliphatic heterocycles. The monoisotopic (exact) mass is 272 g/mol. The first-order valence-electron chi connectivity index (χ1n) is 4.59. The SMILES string of the molecule is COCCOc1ccc(C(=O)CBr)cc1. The van der Waals surface area contributed by atoms with Crippen molar-refractivity contribution in [3.05, 3.63) is 29.8 Å². The number of Topliss-reactive ketones (excluding diaryl/α,β-unsaturated/α-hetero) is 1. The van der Waals surface area contributed by atoms with E-state index in [9.17, 15) is 4.79 Å². The maximum atomic E-state index is 11.3. The van der Waals surface area contributed by atoms with E-state index < -0.39 is 0 Å². The van der Waals surface area contributed by atoms with Gasteiger partial charge in [-0.3, -0.25) is 4.79 Å². The molecule has 0 aliphatic rings. The smallest absolute Gasteiger partial charge is 0.173 e. The Bertz CT molecular complexity index is 308. The summed E-state index contributed by atoms with van der Waals surface area (Å²) in [5.74, 6) is 0.816. The number of methoxy groups -OCH3 is 1. The van der Waals surface area contributed by atoms with Crippen molar-refractivity contribution in [2.24, 2.45) is 0 Å². The molecular formula is C11H13BrO3. The lowest BCUT2D eigenvalue weighted by Crippen LogP contribution is -2.04. The van der Waals surface area contributed by atoms with E-state index in [-0.39, 0.29) is 5.78 Å². The fourth-order valence-corrected chi connectivity index (χ4v) is 1.38. The Kier molecular flexibility index (Phi) is 5.36. The number of halogens is 1. The van der Waals surface area contributed by atoms with Crippen LogP contribution in [0.1, 0.15) is 10.4 Å². The summed E-state index contributed by atoms with van der Waals surface area (Å²) >= 11 is 3.12. The van der Waals surface area contributed by atoms with E-state index in [0.29, 0.717) is 24.1 Å². The molecule has 0 spiro atoms. The molecule has 0 atom stereocenters. The van der Waals surface area contributed by atoms with Crippen LogP contribution in [0.25, 0.3) is 0 Å². The lowest BCUT2D eigenvalue weighted by molar-refractivity contribution is 0.102. The molecule has 0 saturated carbocycles.